The van der Waals surface area contributed by atoms with Gasteiger partial charge in [0, 0.05) is 0 Å². The molecule has 21 heavy (non-hydrogen) atoms. The molecule has 9 heteroatoms. The maximum Gasteiger partial charge on any atom is 0.263 e. The van der Waals surface area contributed by atoms with E-state index in [4.69, 9.17) is 11.6 Å². The Kier molecular flexibility index (Phi) is 3.26. The number of H-pyrrole nitrogens is 1. The van der Waals surface area contributed by atoms with Crippen LogP contribution in [0.15, 0.2) is 41.3 Å². The van der Waals surface area contributed by atoms with Gasteiger partial charge in [0.15, 0.2) is 0 Å². The first-order chi connectivity index (χ1) is 9.95. The van der Waals surface area contributed by atoms with Crippen LogP contribution in [0.4, 0.5) is 10.1 Å². The van der Waals surface area contributed by atoms with Crippen LogP contribution in [0, 0.1) is 5.82 Å². The summed E-state index contributed by atoms with van der Waals surface area (Å²) in [5.74, 6) is -0.688. The molecule has 0 amide bonds. The predicted octanol–water partition coefficient (Wildman–Crippen LogP) is 2.55. The van der Waals surface area contributed by atoms with E-state index < -0.39 is 15.8 Å². The zero-order chi connectivity index (χ0) is 15.0. The minimum atomic E-state index is -4.00. The van der Waals surface area contributed by atoms with Gasteiger partial charge in [-0.3, -0.25) is 4.72 Å². The van der Waals surface area contributed by atoms with Crippen molar-refractivity contribution in [3.05, 3.63) is 47.2 Å². The van der Waals surface area contributed by atoms with Crippen LogP contribution in [0.2, 0.25) is 5.02 Å². The fraction of sp³-hybridized carbons (Fsp3) is 0. The van der Waals surface area contributed by atoms with E-state index in [1.165, 1.54) is 18.2 Å². The van der Waals surface area contributed by atoms with Crippen molar-refractivity contribution in [2.75, 3.05) is 4.72 Å². The number of hydrogen-bond acceptors (Lipinski definition) is 4. The highest BCUT2D eigenvalue weighted by Crippen LogP contribution is 2.25. The standard InChI is InChI=1S/C12H8ClFN4O2S/c13-9-3-1-7(14)5-12(9)21(19,20)17-8-2-4-10-11(6-8)16-18-15-10/h1-6,17H,(H,15,16,18). The minimum absolute atomic E-state index is 0.0635. The third-order valence-corrected chi connectivity index (χ3v) is 4.61. The molecule has 0 saturated heterocycles. The number of hydrogen-bond donors (Lipinski definition) is 2. The average Bonchev–Trinajstić information content (AvgIpc) is 2.88. The van der Waals surface area contributed by atoms with Gasteiger partial charge in [-0.1, -0.05) is 11.6 Å². The average molecular weight is 327 g/mol. The van der Waals surface area contributed by atoms with Crippen LogP contribution in [0.1, 0.15) is 0 Å². The Hall–Kier alpha value is -2.19. The van der Waals surface area contributed by atoms with Gasteiger partial charge in [-0.2, -0.15) is 15.4 Å². The number of halogens is 2. The van der Waals surface area contributed by atoms with Gasteiger partial charge in [-0.25, -0.2) is 12.8 Å². The first kappa shape index (κ1) is 13.8. The number of sulfonamides is 1. The summed E-state index contributed by atoms with van der Waals surface area (Å²) in [6.07, 6.45) is 0. The van der Waals surface area contributed by atoms with Crippen molar-refractivity contribution in [2.24, 2.45) is 0 Å². The smallest absolute Gasteiger partial charge is 0.263 e. The van der Waals surface area contributed by atoms with E-state index >= 15 is 0 Å². The molecule has 2 N–H and O–H groups in total. The Bertz CT molecular complexity index is 926. The van der Waals surface area contributed by atoms with Crippen LogP contribution in [-0.4, -0.2) is 23.8 Å². The number of fused-ring (bicyclic) bond motifs is 1. The van der Waals surface area contributed by atoms with E-state index in [1.54, 1.807) is 6.07 Å². The van der Waals surface area contributed by atoms with Crippen LogP contribution < -0.4 is 4.72 Å². The summed E-state index contributed by atoms with van der Waals surface area (Å²) < 4.78 is 40.0. The topological polar surface area (TPSA) is 87.7 Å². The number of benzene rings is 2. The van der Waals surface area contributed by atoms with Crippen LogP contribution in [0.5, 0.6) is 0 Å². The van der Waals surface area contributed by atoms with Gasteiger partial charge in [0.25, 0.3) is 10.0 Å². The molecule has 3 rings (SSSR count). The molecular formula is C12H8ClFN4O2S. The number of rotatable bonds is 3. The first-order valence-electron chi connectivity index (χ1n) is 5.74. The Morgan fingerprint density at radius 1 is 1.10 bits per heavy atom. The second-order valence-corrected chi connectivity index (χ2v) is 6.27. The number of anilines is 1. The van der Waals surface area contributed by atoms with E-state index in [9.17, 15) is 12.8 Å². The molecule has 0 fully saturated rings. The van der Waals surface area contributed by atoms with Gasteiger partial charge in [0.2, 0.25) is 0 Å². The van der Waals surface area contributed by atoms with Crippen LogP contribution >= 0.6 is 11.6 Å². The maximum absolute atomic E-state index is 13.2. The van der Waals surface area contributed by atoms with Gasteiger partial charge in [0.05, 0.1) is 10.7 Å². The molecule has 6 nitrogen and oxygen atoms in total. The lowest BCUT2D eigenvalue weighted by Crippen LogP contribution is -2.13. The number of nitrogens with one attached hydrogen (secondary N) is 2. The summed E-state index contributed by atoms with van der Waals surface area (Å²) in [4.78, 5) is -0.329. The molecule has 0 atom stereocenters. The SMILES string of the molecule is O=S(=O)(Nc1ccc2n[nH]nc2c1)c1cc(F)ccc1Cl. The largest absolute Gasteiger partial charge is 0.280 e. The molecule has 1 aromatic heterocycles. The normalized spacial score (nSPS) is 11.7. The molecule has 1 heterocycles. The van der Waals surface area contributed by atoms with Crippen LogP contribution in [-0.2, 0) is 10.0 Å². The highest BCUT2D eigenvalue weighted by Gasteiger charge is 2.19. The third kappa shape index (κ3) is 2.67. The minimum Gasteiger partial charge on any atom is -0.280 e. The Labute approximate surface area is 124 Å². The van der Waals surface area contributed by atoms with E-state index in [0.29, 0.717) is 11.0 Å². The van der Waals surface area contributed by atoms with Gasteiger partial charge < -0.3 is 0 Å². The fourth-order valence-corrected chi connectivity index (χ4v) is 3.36. The lowest BCUT2D eigenvalue weighted by atomic mass is 10.3. The molecule has 0 spiro atoms. The zero-order valence-electron chi connectivity index (χ0n) is 10.3. The lowest BCUT2D eigenvalue weighted by molar-refractivity contribution is 0.595. The monoisotopic (exact) mass is 326 g/mol. The van der Waals surface area contributed by atoms with E-state index in [-0.39, 0.29) is 15.6 Å². The molecule has 0 bridgehead atoms. The van der Waals surface area contributed by atoms with Crippen molar-refractivity contribution in [1.82, 2.24) is 15.4 Å². The molecule has 108 valence electrons. The van der Waals surface area contributed by atoms with Gasteiger partial charge in [0.1, 0.15) is 21.7 Å². The van der Waals surface area contributed by atoms with E-state index in [2.05, 4.69) is 20.1 Å². The zero-order valence-corrected chi connectivity index (χ0v) is 11.9. The fourth-order valence-electron chi connectivity index (χ4n) is 1.80. The second kappa shape index (κ2) is 4.97. The van der Waals surface area contributed by atoms with Crippen molar-refractivity contribution in [2.45, 2.75) is 4.90 Å². The summed E-state index contributed by atoms with van der Waals surface area (Å²) in [5.41, 5.74) is 1.37. The van der Waals surface area contributed by atoms with Crippen molar-refractivity contribution in [3.63, 3.8) is 0 Å². The molecule has 0 aliphatic rings. The second-order valence-electron chi connectivity index (χ2n) is 4.21. The Morgan fingerprint density at radius 3 is 2.67 bits per heavy atom. The van der Waals surface area contributed by atoms with Gasteiger partial charge in [-0.15, -0.1) is 0 Å². The first-order valence-corrected chi connectivity index (χ1v) is 7.60. The molecule has 2 aromatic carbocycles. The molecule has 0 saturated carbocycles. The molecule has 3 aromatic rings. The number of nitrogens with zero attached hydrogens (tertiary/aromatic N) is 2. The molecule has 0 radical (unpaired) electrons. The van der Waals surface area contributed by atoms with Crippen molar-refractivity contribution >= 4 is 38.3 Å². The molecule has 0 unspecified atom stereocenters. The number of aromatic amines is 1. The summed E-state index contributed by atoms with van der Waals surface area (Å²) >= 11 is 5.81. The summed E-state index contributed by atoms with van der Waals surface area (Å²) in [7, 11) is -4.00. The summed E-state index contributed by atoms with van der Waals surface area (Å²) in [6, 6.07) is 7.76. The van der Waals surface area contributed by atoms with Gasteiger partial charge >= 0.3 is 0 Å². The van der Waals surface area contributed by atoms with Crippen LogP contribution in [0.3, 0.4) is 0 Å². The lowest BCUT2D eigenvalue weighted by Gasteiger charge is -2.09. The summed E-state index contributed by atoms with van der Waals surface area (Å²) in [5, 5.41) is 10.1. The van der Waals surface area contributed by atoms with E-state index in [1.807, 2.05) is 0 Å². The molecule has 0 aliphatic heterocycles. The van der Waals surface area contributed by atoms with Crippen molar-refractivity contribution < 1.29 is 12.8 Å². The molecular weight excluding hydrogens is 319 g/mol. The Morgan fingerprint density at radius 2 is 1.86 bits per heavy atom. The quantitative estimate of drug-likeness (QED) is 0.774. The van der Waals surface area contributed by atoms with Gasteiger partial charge in [-0.05, 0) is 36.4 Å². The molecule has 0 aliphatic carbocycles. The third-order valence-electron chi connectivity index (χ3n) is 2.75. The highest BCUT2D eigenvalue weighted by atomic mass is 35.5. The van der Waals surface area contributed by atoms with Crippen molar-refractivity contribution in [3.8, 4) is 0 Å². The van der Waals surface area contributed by atoms with Crippen molar-refractivity contribution in [1.29, 1.82) is 0 Å². The van der Waals surface area contributed by atoms with Crippen LogP contribution in [0.25, 0.3) is 11.0 Å². The maximum atomic E-state index is 13.2. The number of aromatic nitrogens is 3. The predicted molar refractivity (Wildman–Crippen MR) is 76.1 cm³/mol. The summed E-state index contributed by atoms with van der Waals surface area (Å²) in [6.45, 7) is 0. The Balaban J connectivity index is 2.00. The van der Waals surface area contributed by atoms with E-state index in [0.717, 1.165) is 12.1 Å². The highest BCUT2D eigenvalue weighted by molar-refractivity contribution is 7.92.